The molecule has 1 amide bonds. The van der Waals surface area contributed by atoms with Crippen molar-refractivity contribution in [3.63, 3.8) is 0 Å². The van der Waals surface area contributed by atoms with E-state index in [1.54, 1.807) is 0 Å². The van der Waals surface area contributed by atoms with Gasteiger partial charge in [-0.2, -0.15) is 0 Å². The highest BCUT2D eigenvalue weighted by molar-refractivity contribution is 5.83. The molecule has 0 radical (unpaired) electrons. The number of carbonyl (C=O) groups excluding carboxylic acids is 1. The zero-order chi connectivity index (χ0) is 17.5. The monoisotopic (exact) mass is 346 g/mol. The van der Waals surface area contributed by atoms with Crippen molar-refractivity contribution in [3.8, 4) is 0 Å². The van der Waals surface area contributed by atoms with Crippen LogP contribution in [0.2, 0.25) is 0 Å². The van der Waals surface area contributed by atoms with E-state index in [0.29, 0.717) is 18.5 Å². The van der Waals surface area contributed by atoms with E-state index in [2.05, 4.69) is 17.1 Å². The number of hydrogen-bond donors (Lipinski definition) is 1. The second-order valence-electron chi connectivity index (χ2n) is 6.96. The van der Waals surface area contributed by atoms with E-state index in [4.69, 9.17) is 9.47 Å². The Hall–Kier alpha value is -1.43. The first kappa shape index (κ1) is 18.4. The summed E-state index contributed by atoms with van der Waals surface area (Å²) in [4.78, 5) is 15.3. The van der Waals surface area contributed by atoms with Crippen LogP contribution in [0.1, 0.15) is 31.2 Å². The van der Waals surface area contributed by atoms with E-state index in [1.807, 2.05) is 30.3 Å². The molecule has 0 aliphatic carbocycles. The molecule has 3 rings (SSSR count). The summed E-state index contributed by atoms with van der Waals surface area (Å²) in [6, 6.07) is 10.4. The molecule has 138 valence electrons. The van der Waals surface area contributed by atoms with E-state index in [9.17, 15) is 4.79 Å². The van der Waals surface area contributed by atoms with Crippen LogP contribution in [0.3, 0.4) is 0 Å². The summed E-state index contributed by atoms with van der Waals surface area (Å²) in [5.74, 6) is 0.549. The van der Waals surface area contributed by atoms with Gasteiger partial charge >= 0.3 is 0 Å². The van der Waals surface area contributed by atoms with Gasteiger partial charge in [-0.05, 0) is 18.4 Å². The molecule has 2 fully saturated rings. The SMILES string of the molecule is CC[C@H](C(=O)NC[C@@H]([C@H]1CCOC1)N1CCOCC1)c1ccccc1. The first-order chi connectivity index (χ1) is 12.3. The van der Waals surface area contributed by atoms with E-state index < -0.39 is 0 Å². The Morgan fingerprint density at radius 2 is 1.96 bits per heavy atom. The zero-order valence-corrected chi connectivity index (χ0v) is 15.2. The third-order valence-corrected chi connectivity index (χ3v) is 5.44. The Labute approximate surface area is 150 Å². The van der Waals surface area contributed by atoms with Crippen LogP contribution in [0.25, 0.3) is 0 Å². The molecular weight excluding hydrogens is 316 g/mol. The van der Waals surface area contributed by atoms with Crippen LogP contribution < -0.4 is 5.32 Å². The van der Waals surface area contributed by atoms with Crippen molar-refractivity contribution in [3.05, 3.63) is 35.9 Å². The lowest BCUT2D eigenvalue weighted by Gasteiger charge is -2.37. The average Bonchev–Trinajstić information content (AvgIpc) is 3.19. The van der Waals surface area contributed by atoms with E-state index in [1.165, 1.54) is 0 Å². The molecule has 0 aromatic heterocycles. The third-order valence-electron chi connectivity index (χ3n) is 5.44. The van der Waals surface area contributed by atoms with E-state index >= 15 is 0 Å². The van der Waals surface area contributed by atoms with Crippen LogP contribution in [0.4, 0.5) is 0 Å². The van der Waals surface area contributed by atoms with Gasteiger partial charge in [0, 0.05) is 38.2 Å². The van der Waals surface area contributed by atoms with Gasteiger partial charge in [-0.25, -0.2) is 0 Å². The molecule has 5 heteroatoms. The molecule has 2 saturated heterocycles. The van der Waals surface area contributed by atoms with Gasteiger partial charge in [0.25, 0.3) is 0 Å². The van der Waals surface area contributed by atoms with Crippen LogP contribution in [-0.4, -0.2) is 62.9 Å². The minimum Gasteiger partial charge on any atom is -0.381 e. The summed E-state index contributed by atoms with van der Waals surface area (Å²) in [6.45, 7) is 7.83. The molecule has 2 aliphatic heterocycles. The van der Waals surface area contributed by atoms with Crippen LogP contribution >= 0.6 is 0 Å². The first-order valence-electron chi connectivity index (χ1n) is 9.51. The number of benzene rings is 1. The number of ether oxygens (including phenoxy) is 2. The minimum atomic E-state index is -0.0774. The summed E-state index contributed by atoms with van der Waals surface area (Å²) < 4.78 is 11.1. The van der Waals surface area contributed by atoms with Gasteiger partial charge in [0.05, 0.1) is 25.7 Å². The van der Waals surface area contributed by atoms with Crippen LogP contribution in [0, 0.1) is 5.92 Å². The van der Waals surface area contributed by atoms with Gasteiger partial charge in [0.1, 0.15) is 0 Å². The number of morpholine rings is 1. The van der Waals surface area contributed by atoms with Crippen molar-refractivity contribution >= 4 is 5.91 Å². The number of carbonyl (C=O) groups is 1. The fourth-order valence-corrected chi connectivity index (χ4v) is 3.95. The fraction of sp³-hybridized carbons (Fsp3) is 0.650. The predicted octanol–water partition coefficient (Wildman–Crippen LogP) is 2.03. The molecule has 0 unspecified atom stereocenters. The minimum absolute atomic E-state index is 0.0774. The topological polar surface area (TPSA) is 50.8 Å². The number of nitrogens with zero attached hydrogens (tertiary/aromatic N) is 1. The fourth-order valence-electron chi connectivity index (χ4n) is 3.95. The molecule has 0 saturated carbocycles. The molecule has 25 heavy (non-hydrogen) atoms. The Balaban J connectivity index is 1.62. The summed E-state index contributed by atoms with van der Waals surface area (Å²) >= 11 is 0. The molecule has 5 nitrogen and oxygen atoms in total. The van der Waals surface area contributed by atoms with Crippen molar-refractivity contribution in [2.45, 2.75) is 31.7 Å². The maximum absolute atomic E-state index is 12.8. The highest BCUT2D eigenvalue weighted by atomic mass is 16.5. The second-order valence-corrected chi connectivity index (χ2v) is 6.96. The molecule has 3 atom stereocenters. The molecule has 2 aliphatic rings. The van der Waals surface area contributed by atoms with Gasteiger partial charge in [-0.3, -0.25) is 9.69 Å². The summed E-state index contributed by atoms with van der Waals surface area (Å²) in [7, 11) is 0. The molecule has 1 aromatic rings. The van der Waals surface area contributed by atoms with E-state index in [-0.39, 0.29) is 11.8 Å². The van der Waals surface area contributed by atoms with Crippen LogP contribution in [0.15, 0.2) is 30.3 Å². The van der Waals surface area contributed by atoms with Crippen molar-refractivity contribution in [1.82, 2.24) is 10.2 Å². The molecule has 0 bridgehead atoms. The normalized spacial score (nSPS) is 24.0. The van der Waals surface area contributed by atoms with Gasteiger partial charge < -0.3 is 14.8 Å². The van der Waals surface area contributed by atoms with Gasteiger partial charge in [0.2, 0.25) is 5.91 Å². The number of hydrogen-bond acceptors (Lipinski definition) is 4. The largest absolute Gasteiger partial charge is 0.381 e. The predicted molar refractivity (Wildman–Crippen MR) is 97.6 cm³/mol. The van der Waals surface area contributed by atoms with Crippen LogP contribution in [-0.2, 0) is 14.3 Å². The lowest BCUT2D eigenvalue weighted by molar-refractivity contribution is -0.123. The number of rotatable bonds is 7. The Bertz CT molecular complexity index is 525. The lowest BCUT2D eigenvalue weighted by atomic mass is 9.94. The molecule has 0 spiro atoms. The van der Waals surface area contributed by atoms with Gasteiger partial charge in [0.15, 0.2) is 0 Å². The number of amides is 1. The second kappa shape index (κ2) is 9.32. The first-order valence-corrected chi connectivity index (χ1v) is 9.51. The van der Waals surface area contributed by atoms with Crippen LogP contribution in [0.5, 0.6) is 0 Å². The Morgan fingerprint density at radius 1 is 1.20 bits per heavy atom. The Morgan fingerprint density at radius 3 is 2.60 bits per heavy atom. The average molecular weight is 346 g/mol. The lowest BCUT2D eigenvalue weighted by Crippen LogP contribution is -2.52. The smallest absolute Gasteiger partial charge is 0.227 e. The number of nitrogens with one attached hydrogen (secondary N) is 1. The molecular formula is C20H30N2O3. The van der Waals surface area contributed by atoms with Crippen molar-refractivity contribution in [2.75, 3.05) is 46.1 Å². The zero-order valence-electron chi connectivity index (χ0n) is 15.2. The third kappa shape index (κ3) is 4.81. The van der Waals surface area contributed by atoms with Gasteiger partial charge in [-0.1, -0.05) is 37.3 Å². The molecule has 2 heterocycles. The summed E-state index contributed by atoms with van der Waals surface area (Å²) in [5.41, 5.74) is 1.09. The molecule has 1 N–H and O–H groups in total. The van der Waals surface area contributed by atoms with E-state index in [0.717, 1.165) is 57.9 Å². The molecule has 1 aromatic carbocycles. The highest BCUT2D eigenvalue weighted by Crippen LogP contribution is 2.23. The maximum atomic E-state index is 12.8. The van der Waals surface area contributed by atoms with Crippen molar-refractivity contribution < 1.29 is 14.3 Å². The standard InChI is InChI=1S/C20H30N2O3/c1-2-18(16-6-4-3-5-7-16)20(23)21-14-19(17-8-11-25-15-17)22-9-12-24-13-10-22/h3-7,17-19H,2,8-15H2,1H3,(H,21,23)/t17-,18-,19-/m0/s1. The van der Waals surface area contributed by atoms with Crippen molar-refractivity contribution in [2.24, 2.45) is 5.92 Å². The summed E-state index contributed by atoms with van der Waals surface area (Å²) in [6.07, 6.45) is 1.89. The maximum Gasteiger partial charge on any atom is 0.227 e. The Kier molecular flexibility index (Phi) is 6.84. The highest BCUT2D eigenvalue weighted by Gasteiger charge is 2.32. The van der Waals surface area contributed by atoms with Gasteiger partial charge in [-0.15, -0.1) is 0 Å². The summed E-state index contributed by atoms with van der Waals surface area (Å²) in [5, 5.41) is 3.23. The van der Waals surface area contributed by atoms with Crippen molar-refractivity contribution in [1.29, 1.82) is 0 Å². The quantitative estimate of drug-likeness (QED) is 0.821.